The Morgan fingerprint density at radius 1 is 1.02 bits per heavy atom. The van der Waals surface area contributed by atoms with Gasteiger partial charge in [-0.1, -0.05) is 25.1 Å². The van der Waals surface area contributed by atoms with E-state index in [0.29, 0.717) is 32.6 Å². The van der Waals surface area contributed by atoms with Crippen LogP contribution in [-0.4, -0.2) is 130 Å². The fraction of sp³-hybridized carbons (Fsp3) is 0.595. The second-order valence-electron chi connectivity index (χ2n) is 17.2. The van der Waals surface area contributed by atoms with Gasteiger partial charge in [-0.2, -0.15) is 9.57 Å². The molecule has 1 N–H and O–H groups in total. The summed E-state index contributed by atoms with van der Waals surface area (Å²) in [5.41, 5.74) is 0.140. The normalized spacial score (nSPS) is 27.6. The first-order valence-corrected chi connectivity index (χ1v) is 21.8. The third kappa shape index (κ3) is 7.21. The molecule has 5 heterocycles. The molecule has 57 heavy (non-hydrogen) atoms. The van der Waals surface area contributed by atoms with Crippen molar-refractivity contribution in [1.29, 1.82) is 5.26 Å². The molecule has 2 amide bonds. The van der Waals surface area contributed by atoms with Crippen molar-refractivity contribution < 1.29 is 31.5 Å². The third-order valence-electron chi connectivity index (χ3n) is 14.0. The molecule has 1 saturated carbocycles. The number of likely N-dealkylation sites (tertiary alicyclic amines) is 3. The first kappa shape index (κ1) is 39.7. The second kappa shape index (κ2) is 15.6. The number of ether oxygens (including phenoxy) is 1. The molecule has 6 aliphatic rings. The molecule has 0 spiro atoms. The Labute approximate surface area is 334 Å². The number of halogens is 2. The zero-order chi connectivity index (χ0) is 40.1. The summed E-state index contributed by atoms with van der Waals surface area (Å²) in [5.74, 6) is -0.822. The van der Waals surface area contributed by atoms with Gasteiger partial charge in [0.2, 0.25) is 15.9 Å². The molecule has 5 atom stereocenters. The van der Waals surface area contributed by atoms with Gasteiger partial charge in [-0.25, -0.2) is 22.0 Å². The SMILES string of the molecule is C=CC(=O)N1C[C@@H]2C[C@H]1CN2S(=O)(=O)c1ccc(N2CC(C#N)(CN3CCC([C@@](CN4CCC4)(c4cccc(F)c4)[C@H]4CCC[C@@H]4NC(=O)OC)CC3)C2)c(F)c1. The van der Waals surface area contributed by atoms with Gasteiger partial charge in [-0.3, -0.25) is 4.79 Å². The van der Waals surface area contributed by atoms with E-state index in [1.165, 1.54) is 35.7 Å². The number of nitriles is 1. The minimum absolute atomic E-state index is 0.0898. The smallest absolute Gasteiger partial charge is 0.407 e. The standard InChI is InChI=1S/C42H53F2N7O5S/c1-3-39(52)50-22-33-20-32(50)23-51(33)57(54,55)34-11-12-38(36(44)21-34)49-26-41(24-45,27-49)25-48-17-13-29(14-18-48)42(28-47-15-6-16-47,30-7-4-8-31(43)19-30)35-9-5-10-37(35)46-40(53)56-2/h3-4,7-8,11-12,19,21,29,32-33,35,37H,1,5-6,9-10,13-18,20,22-23,25-28H2,2H3,(H,46,53)/t32-,33-,35-,37-,42-/m0/s1. The van der Waals surface area contributed by atoms with Crippen LogP contribution in [0.3, 0.4) is 0 Å². The van der Waals surface area contributed by atoms with Gasteiger partial charge in [0, 0.05) is 62.8 Å². The summed E-state index contributed by atoms with van der Waals surface area (Å²) in [6, 6.07) is 12.9. The van der Waals surface area contributed by atoms with Gasteiger partial charge in [0.15, 0.2) is 0 Å². The number of anilines is 1. The summed E-state index contributed by atoms with van der Waals surface area (Å²) >= 11 is 0. The Balaban J connectivity index is 0.942. The van der Waals surface area contributed by atoms with Crippen molar-refractivity contribution in [1.82, 2.24) is 24.3 Å². The summed E-state index contributed by atoms with van der Waals surface area (Å²) < 4.78 is 64.3. The maximum Gasteiger partial charge on any atom is 0.407 e. The van der Waals surface area contributed by atoms with E-state index in [9.17, 15) is 23.3 Å². The molecule has 2 aromatic carbocycles. The largest absolute Gasteiger partial charge is 0.453 e. The average Bonchev–Trinajstić information content (AvgIpc) is 3.94. The van der Waals surface area contributed by atoms with E-state index in [4.69, 9.17) is 4.74 Å². The minimum Gasteiger partial charge on any atom is -0.453 e. The van der Waals surface area contributed by atoms with Crippen LogP contribution >= 0.6 is 0 Å². The number of carbonyl (C=O) groups excluding carboxylic acids is 2. The molecule has 2 bridgehead atoms. The van der Waals surface area contributed by atoms with Crippen molar-refractivity contribution in [2.45, 2.75) is 73.4 Å². The van der Waals surface area contributed by atoms with E-state index in [2.05, 4.69) is 33.8 Å². The molecule has 1 aliphatic carbocycles. The molecule has 306 valence electrons. The highest BCUT2D eigenvalue weighted by Crippen LogP contribution is 2.52. The van der Waals surface area contributed by atoms with Gasteiger partial charge in [-0.05, 0) is 119 Å². The van der Waals surface area contributed by atoms with Crippen molar-refractivity contribution in [3.05, 3.63) is 72.3 Å². The molecule has 12 nitrogen and oxygen atoms in total. The molecule has 8 rings (SSSR count). The van der Waals surface area contributed by atoms with Crippen LogP contribution in [0.1, 0.15) is 50.5 Å². The van der Waals surface area contributed by atoms with Crippen LogP contribution in [0.2, 0.25) is 0 Å². The maximum absolute atomic E-state index is 15.7. The molecule has 15 heteroatoms. The number of nitrogens with one attached hydrogen (secondary N) is 1. The quantitative estimate of drug-likeness (QED) is 0.312. The highest BCUT2D eigenvalue weighted by molar-refractivity contribution is 7.89. The third-order valence-corrected chi connectivity index (χ3v) is 16.0. The summed E-state index contributed by atoms with van der Waals surface area (Å²) in [7, 11) is -2.59. The van der Waals surface area contributed by atoms with E-state index in [0.717, 1.165) is 82.9 Å². The van der Waals surface area contributed by atoms with Gasteiger partial charge in [0.25, 0.3) is 0 Å². The number of piperidine rings is 1. The summed E-state index contributed by atoms with van der Waals surface area (Å²) in [4.78, 5) is 32.8. The maximum atomic E-state index is 15.7. The Kier molecular flexibility index (Phi) is 10.9. The van der Waals surface area contributed by atoms with Gasteiger partial charge in [0.1, 0.15) is 17.0 Å². The summed E-state index contributed by atoms with van der Waals surface area (Å²) in [5, 5.41) is 13.6. The van der Waals surface area contributed by atoms with Crippen LogP contribution in [-0.2, 0) is 25.0 Å². The molecule has 0 unspecified atom stereocenters. The molecule has 6 fully saturated rings. The highest BCUT2D eigenvalue weighted by Gasteiger charge is 2.54. The van der Waals surface area contributed by atoms with Crippen molar-refractivity contribution in [3.63, 3.8) is 0 Å². The minimum atomic E-state index is -3.97. The van der Waals surface area contributed by atoms with Crippen LogP contribution in [0.5, 0.6) is 0 Å². The van der Waals surface area contributed by atoms with E-state index >= 15 is 8.78 Å². The number of benzene rings is 2. The highest BCUT2D eigenvalue weighted by atomic mass is 32.2. The molecular weight excluding hydrogens is 753 g/mol. The fourth-order valence-corrected chi connectivity index (χ4v) is 12.9. The van der Waals surface area contributed by atoms with Crippen molar-refractivity contribution in [2.75, 3.05) is 77.5 Å². The number of hydrogen-bond acceptors (Lipinski definition) is 9. The molecule has 0 aromatic heterocycles. The Hall–Kier alpha value is -4.10. The number of nitrogens with zero attached hydrogens (tertiary/aromatic N) is 6. The van der Waals surface area contributed by atoms with E-state index < -0.39 is 32.8 Å². The predicted molar refractivity (Wildman–Crippen MR) is 210 cm³/mol. The van der Waals surface area contributed by atoms with Crippen LogP contribution in [0.4, 0.5) is 19.3 Å². The first-order chi connectivity index (χ1) is 27.4. The average molecular weight is 806 g/mol. The Morgan fingerprint density at radius 2 is 1.79 bits per heavy atom. The number of methoxy groups -OCH3 is 1. The number of carbonyl (C=O) groups is 2. The van der Waals surface area contributed by atoms with Gasteiger partial charge < -0.3 is 29.7 Å². The topological polar surface area (TPSA) is 130 Å². The van der Waals surface area contributed by atoms with Gasteiger partial charge >= 0.3 is 6.09 Å². The molecule has 5 aliphatic heterocycles. The number of amides is 2. The lowest BCUT2D eigenvalue weighted by atomic mass is 9.57. The lowest BCUT2D eigenvalue weighted by molar-refractivity contribution is -0.127. The number of sulfonamides is 1. The summed E-state index contributed by atoms with van der Waals surface area (Å²) in [6.07, 6.45) is 6.90. The Bertz CT molecular complexity index is 2030. The second-order valence-corrected chi connectivity index (χ2v) is 19.1. The van der Waals surface area contributed by atoms with Crippen LogP contribution in [0.15, 0.2) is 60.0 Å². The van der Waals surface area contributed by atoms with E-state index in [1.54, 1.807) is 21.9 Å². The molecule has 5 saturated heterocycles. The number of fused-ring (bicyclic) bond motifs is 2. The lowest BCUT2D eigenvalue weighted by Gasteiger charge is -2.54. The number of hydrogen-bond donors (Lipinski definition) is 1. The first-order valence-electron chi connectivity index (χ1n) is 20.4. The lowest BCUT2D eigenvalue weighted by Crippen LogP contribution is -2.62. The zero-order valence-corrected chi connectivity index (χ0v) is 33.4. The number of rotatable bonds is 12. The van der Waals surface area contributed by atoms with Crippen LogP contribution in [0.25, 0.3) is 0 Å². The van der Waals surface area contributed by atoms with Crippen LogP contribution < -0.4 is 10.2 Å². The number of piperazine rings is 1. The van der Waals surface area contributed by atoms with Crippen molar-refractivity contribution in [2.24, 2.45) is 17.3 Å². The zero-order valence-electron chi connectivity index (χ0n) is 32.6. The van der Waals surface area contributed by atoms with Crippen molar-refractivity contribution >= 4 is 27.7 Å². The monoisotopic (exact) mass is 805 g/mol. The van der Waals surface area contributed by atoms with Gasteiger partial charge in [-0.15, -0.1) is 0 Å². The van der Waals surface area contributed by atoms with Crippen molar-refractivity contribution in [3.8, 4) is 6.07 Å². The van der Waals surface area contributed by atoms with Gasteiger partial charge in [0.05, 0.1) is 23.8 Å². The molecule has 2 aromatic rings. The number of alkyl carbamates (subject to hydrolysis) is 1. The predicted octanol–water partition coefficient (Wildman–Crippen LogP) is 4.33. The van der Waals surface area contributed by atoms with E-state index in [-0.39, 0.29) is 58.8 Å². The summed E-state index contributed by atoms with van der Waals surface area (Å²) in [6.45, 7) is 9.46. The molecular formula is C42H53F2N7O5S. The van der Waals surface area contributed by atoms with E-state index in [1.807, 2.05) is 0 Å². The fourth-order valence-electron chi connectivity index (χ4n) is 11.2. The Morgan fingerprint density at radius 3 is 2.40 bits per heavy atom. The van der Waals surface area contributed by atoms with Crippen LogP contribution in [0, 0.1) is 40.2 Å². The molecule has 0 radical (unpaired) electrons.